The first-order chi connectivity index (χ1) is 19.2. The molecule has 3 aromatic carbocycles. The van der Waals surface area contributed by atoms with Gasteiger partial charge in [0.05, 0.1) is 6.26 Å². The van der Waals surface area contributed by atoms with Gasteiger partial charge in [0.2, 0.25) is 0 Å². The number of phenolic OH excluding ortho intramolecular Hbond substituents is 2. The van der Waals surface area contributed by atoms with E-state index in [2.05, 4.69) is 144 Å². The van der Waals surface area contributed by atoms with Crippen molar-refractivity contribution in [1.82, 2.24) is 0 Å². The number of furan rings is 1. The molecule has 0 saturated carbocycles. The summed E-state index contributed by atoms with van der Waals surface area (Å²) < 4.78 is 5.20. The molecule has 0 unspecified atom stereocenters. The van der Waals surface area contributed by atoms with Crippen LogP contribution < -0.4 is 0 Å². The minimum absolute atomic E-state index is 0.00514. The lowest BCUT2D eigenvalue weighted by Crippen LogP contribution is -2.10. The van der Waals surface area contributed by atoms with Crippen molar-refractivity contribution >= 4 is 0 Å². The maximum atomic E-state index is 9.21. The molecule has 0 fully saturated rings. The minimum Gasteiger partial charge on any atom is -0.504 e. The van der Waals surface area contributed by atoms with Crippen LogP contribution in [0.2, 0.25) is 0 Å². The van der Waals surface area contributed by atoms with Crippen molar-refractivity contribution in [2.45, 2.75) is 106 Å². The van der Waals surface area contributed by atoms with Gasteiger partial charge in [0.15, 0.2) is 11.5 Å². The van der Waals surface area contributed by atoms with Crippen molar-refractivity contribution in [2.75, 3.05) is 0 Å². The van der Waals surface area contributed by atoms with Crippen molar-refractivity contribution in [3.63, 3.8) is 0 Å². The molecule has 3 nitrogen and oxygen atoms in total. The number of hydrogen-bond acceptors (Lipinski definition) is 3. The third-order valence-electron chi connectivity index (χ3n) is 6.32. The molecule has 0 spiro atoms. The zero-order chi connectivity index (χ0) is 32.2. The van der Waals surface area contributed by atoms with E-state index in [9.17, 15) is 5.11 Å². The predicted molar refractivity (Wildman–Crippen MR) is 181 cm³/mol. The van der Waals surface area contributed by atoms with Crippen LogP contribution in [0.1, 0.15) is 106 Å². The molecule has 230 valence electrons. The maximum absolute atomic E-state index is 9.21. The van der Waals surface area contributed by atoms with Gasteiger partial charge in [-0.1, -0.05) is 150 Å². The van der Waals surface area contributed by atoms with Crippen molar-refractivity contribution in [1.29, 1.82) is 0 Å². The summed E-state index contributed by atoms with van der Waals surface area (Å²) in [6, 6.07) is 30.0. The molecule has 0 aliphatic carbocycles. The van der Waals surface area contributed by atoms with Gasteiger partial charge in [-0.05, 0) is 63.6 Å². The summed E-state index contributed by atoms with van der Waals surface area (Å²) in [6.07, 6.45) is 2.87. The summed E-state index contributed by atoms with van der Waals surface area (Å²) in [4.78, 5) is 0. The van der Waals surface area contributed by atoms with Gasteiger partial charge in [0, 0.05) is 5.41 Å². The quantitative estimate of drug-likeness (QED) is 0.223. The van der Waals surface area contributed by atoms with Gasteiger partial charge < -0.3 is 14.6 Å². The minimum atomic E-state index is -0.0667. The topological polar surface area (TPSA) is 53.6 Å². The first-order valence-electron chi connectivity index (χ1n) is 14.9. The second-order valence-corrected chi connectivity index (χ2v) is 15.0. The summed E-state index contributed by atoms with van der Waals surface area (Å²) in [5.41, 5.74) is 4.70. The largest absolute Gasteiger partial charge is 0.504 e. The van der Waals surface area contributed by atoms with E-state index in [4.69, 9.17) is 9.52 Å². The van der Waals surface area contributed by atoms with Crippen LogP contribution in [-0.2, 0) is 22.7 Å². The molecule has 1 heterocycles. The lowest BCUT2D eigenvalue weighted by atomic mass is 9.87. The molecular weight excluding hydrogens is 516 g/mol. The zero-order valence-corrected chi connectivity index (χ0v) is 28.2. The average molecular weight is 573 g/mol. The van der Waals surface area contributed by atoms with E-state index in [-0.39, 0.29) is 22.3 Å². The van der Waals surface area contributed by atoms with Crippen LogP contribution in [0.4, 0.5) is 0 Å². The summed E-state index contributed by atoms with van der Waals surface area (Å²) in [5, 5.41) is 18.3. The summed E-state index contributed by atoms with van der Waals surface area (Å²) in [5.74, 6) is 0.924. The van der Waals surface area contributed by atoms with Crippen LogP contribution in [0.5, 0.6) is 11.5 Å². The Bertz CT molecular complexity index is 1260. The first kappa shape index (κ1) is 36.6. The molecule has 0 bridgehead atoms. The molecule has 0 amide bonds. The van der Waals surface area contributed by atoms with Crippen LogP contribution in [0.15, 0.2) is 102 Å². The second-order valence-electron chi connectivity index (χ2n) is 15.0. The van der Waals surface area contributed by atoms with Gasteiger partial charge >= 0.3 is 0 Å². The van der Waals surface area contributed by atoms with E-state index < -0.39 is 0 Å². The molecule has 4 aromatic rings. The Kier molecular flexibility index (Phi) is 13.7. The number of hydrogen-bond donors (Lipinski definition) is 2. The molecule has 0 aliphatic heterocycles. The van der Waals surface area contributed by atoms with Crippen molar-refractivity contribution in [2.24, 2.45) is 5.41 Å². The van der Waals surface area contributed by atoms with Crippen LogP contribution in [-0.4, -0.2) is 10.2 Å². The van der Waals surface area contributed by atoms with E-state index in [1.165, 1.54) is 17.2 Å². The summed E-state index contributed by atoms with van der Waals surface area (Å²) in [7, 11) is 0. The van der Waals surface area contributed by atoms with Crippen molar-refractivity contribution in [3.05, 3.63) is 120 Å². The Labute approximate surface area is 256 Å². The smallest absolute Gasteiger partial charge is 0.157 e. The Balaban J connectivity index is 0.000000281. The van der Waals surface area contributed by atoms with Crippen molar-refractivity contribution < 1.29 is 14.6 Å². The highest BCUT2D eigenvalue weighted by molar-refractivity contribution is 5.42. The molecule has 3 heteroatoms. The van der Waals surface area contributed by atoms with Gasteiger partial charge in [-0.2, -0.15) is 0 Å². The lowest BCUT2D eigenvalue weighted by molar-refractivity contribution is 0.401. The molecule has 0 saturated heterocycles. The van der Waals surface area contributed by atoms with Crippen LogP contribution in [0.25, 0.3) is 0 Å². The fourth-order valence-corrected chi connectivity index (χ4v) is 3.84. The van der Waals surface area contributed by atoms with Crippen LogP contribution in [0.3, 0.4) is 0 Å². The van der Waals surface area contributed by atoms with E-state index in [1.807, 2.05) is 18.2 Å². The SMILES string of the molecule is CC(C)(C)Cc1ccccc1.CC(C)(C)c1ccc(O)c(O)c1.CC(C)(C)c1ccccc1.CC(C)(C)c1ccco1. The third-order valence-corrected chi connectivity index (χ3v) is 6.32. The van der Waals surface area contributed by atoms with E-state index in [0.717, 1.165) is 17.7 Å². The molecule has 4 rings (SSSR count). The highest BCUT2D eigenvalue weighted by Crippen LogP contribution is 2.31. The first-order valence-corrected chi connectivity index (χ1v) is 14.9. The van der Waals surface area contributed by atoms with E-state index in [0.29, 0.717) is 10.8 Å². The number of benzene rings is 3. The highest BCUT2D eigenvalue weighted by Gasteiger charge is 2.16. The predicted octanol–water partition coefficient (Wildman–Crippen LogP) is 11.2. The maximum Gasteiger partial charge on any atom is 0.157 e. The fraction of sp³-hybridized carbons (Fsp3) is 0.436. The molecule has 0 radical (unpaired) electrons. The number of rotatable bonds is 1. The van der Waals surface area contributed by atoms with Gasteiger partial charge in [-0.15, -0.1) is 0 Å². The van der Waals surface area contributed by atoms with E-state index >= 15 is 0 Å². The number of aromatic hydroxyl groups is 2. The summed E-state index contributed by atoms with van der Waals surface area (Å²) in [6.45, 7) is 26.0. The molecule has 2 N–H and O–H groups in total. The Morgan fingerprint density at radius 2 is 1.00 bits per heavy atom. The zero-order valence-electron chi connectivity index (χ0n) is 28.2. The lowest BCUT2D eigenvalue weighted by Gasteiger charge is -2.19. The Hall–Kier alpha value is -3.46. The fourth-order valence-electron chi connectivity index (χ4n) is 3.84. The monoisotopic (exact) mass is 572 g/mol. The van der Waals surface area contributed by atoms with E-state index in [1.54, 1.807) is 12.3 Å². The van der Waals surface area contributed by atoms with Gasteiger partial charge in [0.1, 0.15) is 5.76 Å². The standard InChI is InChI=1S/C11H16.C10H14O2.C10H14.C8H12O/c1-11(2,3)9-10-7-5-4-6-8-10;1-10(2,3)7-4-5-8(11)9(12)6-7;1-10(2,3)9-7-5-4-6-8-9;1-8(2,3)7-5-4-6-9-7/h4-8H,9H2,1-3H3;4-6,11-12H,1-3H3;4-8H,1-3H3;4-6H,1-3H3. The molecular formula is C39H56O3. The summed E-state index contributed by atoms with van der Waals surface area (Å²) >= 11 is 0. The molecule has 1 aromatic heterocycles. The third kappa shape index (κ3) is 15.0. The average Bonchev–Trinajstić information content (AvgIpc) is 3.42. The molecule has 42 heavy (non-hydrogen) atoms. The Morgan fingerprint density at radius 1 is 0.500 bits per heavy atom. The van der Waals surface area contributed by atoms with Crippen LogP contribution in [0, 0.1) is 5.41 Å². The second kappa shape index (κ2) is 15.7. The normalized spacial score (nSPS) is 11.6. The number of phenols is 2. The molecule has 0 aliphatic rings. The molecule has 0 atom stereocenters. The Morgan fingerprint density at radius 3 is 1.33 bits per heavy atom. The van der Waals surface area contributed by atoms with Gasteiger partial charge in [0.25, 0.3) is 0 Å². The van der Waals surface area contributed by atoms with Gasteiger partial charge in [-0.3, -0.25) is 0 Å². The highest BCUT2D eigenvalue weighted by atomic mass is 16.3. The van der Waals surface area contributed by atoms with Gasteiger partial charge in [-0.25, -0.2) is 0 Å². The van der Waals surface area contributed by atoms with Crippen LogP contribution >= 0.6 is 0 Å². The van der Waals surface area contributed by atoms with Crippen molar-refractivity contribution in [3.8, 4) is 11.5 Å².